The standard InChI is InChI=1S/C34H51N5O7S/c1-24(36-2)32(41)38-30(25-8-4-3-5-9-25)34(42)39-14-7-12-29(39)33-37-28(23-47-33)31(40)26-10-6-11-27(22-26)46-21-20-45-19-18-44-17-16-43-15-13-35/h6,10-11,22-25,29-30,36H,3-5,7-9,12-21,35H2,1-2H3,(H,38,41)/t24-,29-,30-/m0/s1. The minimum Gasteiger partial charge on any atom is -0.491 e. The van der Waals surface area contributed by atoms with Crippen molar-refractivity contribution >= 4 is 28.9 Å². The van der Waals surface area contributed by atoms with Gasteiger partial charge in [-0.25, -0.2) is 4.98 Å². The third-order valence-corrected chi connectivity index (χ3v) is 9.63. The molecule has 3 atom stereocenters. The molecule has 0 unspecified atom stereocenters. The van der Waals surface area contributed by atoms with Gasteiger partial charge in [0.25, 0.3) is 0 Å². The van der Waals surface area contributed by atoms with Gasteiger partial charge in [-0.2, -0.15) is 0 Å². The highest BCUT2D eigenvalue weighted by molar-refractivity contribution is 7.10. The number of hydrogen-bond acceptors (Lipinski definition) is 11. The molecule has 4 N–H and O–H groups in total. The van der Waals surface area contributed by atoms with Crippen LogP contribution in [0.3, 0.4) is 0 Å². The van der Waals surface area contributed by atoms with Crippen molar-refractivity contribution in [3.63, 3.8) is 0 Å². The Morgan fingerprint density at radius 1 is 0.979 bits per heavy atom. The largest absolute Gasteiger partial charge is 0.491 e. The minimum atomic E-state index is -0.562. The van der Waals surface area contributed by atoms with Crippen LogP contribution in [-0.2, 0) is 23.8 Å². The van der Waals surface area contributed by atoms with Gasteiger partial charge < -0.3 is 40.2 Å². The third kappa shape index (κ3) is 11.0. The summed E-state index contributed by atoms with van der Waals surface area (Å²) >= 11 is 1.40. The molecule has 2 aliphatic rings. The first-order valence-electron chi connectivity index (χ1n) is 16.9. The quantitative estimate of drug-likeness (QED) is 0.141. The van der Waals surface area contributed by atoms with E-state index in [4.69, 9.17) is 29.7 Å². The number of ketones is 1. The lowest BCUT2D eigenvalue weighted by Gasteiger charge is -2.35. The second-order valence-corrected chi connectivity index (χ2v) is 12.9. The van der Waals surface area contributed by atoms with Gasteiger partial charge in [-0.05, 0) is 57.7 Å². The molecule has 2 fully saturated rings. The summed E-state index contributed by atoms with van der Waals surface area (Å²) in [6, 6.07) is 5.86. The molecule has 1 aliphatic carbocycles. The Kier molecular flexibility index (Phi) is 15.5. The van der Waals surface area contributed by atoms with Gasteiger partial charge in [0.15, 0.2) is 0 Å². The van der Waals surface area contributed by atoms with Crippen molar-refractivity contribution in [2.24, 2.45) is 11.7 Å². The molecule has 0 bridgehead atoms. The first-order chi connectivity index (χ1) is 22.9. The molecule has 0 radical (unpaired) electrons. The first-order valence-corrected chi connectivity index (χ1v) is 17.7. The maximum atomic E-state index is 14.1. The Hall–Kier alpha value is -2.94. The second-order valence-electron chi connectivity index (χ2n) is 12.0. The normalized spacial score (nSPS) is 18.2. The van der Waals surface area contributed by atoms with Crippen molar-refractivity contribution in [2.45, 2.75) is 70.0 Å². The first kappa shape index (κ1) is 36.9. The van der Waals surface area contributed by atoms with Crippen LogP contribution in [0.5, 0.6) is 5.75 Å². The predicted molar refractivity (Wildman–Crippen MR) is 180 cm³/mol. The topological polar surface area (TPSA) is 154 Å². The Morgan fingerprint density at radius 3 is 2.38 bits per heavy atom. The zero-order valence-electron chi connectivity index (χ0n) is 27.7. The molecule has 1 saturated heterocycles. The van der Waals surface area contributed by atoms with E-state index < -0.39 is 12.1 Å². The van der Waals surface area contributed by atoms with Crippen LogP contribution in [0.2, 0.25) is 0 Å². The molecule has 1 aliphatic heterocycles. The molecule has 13 heteroatoms. The minimum absolute atomic E-state index is 0.0478. The molecule has 260 valence electrons. The number of likely N-dealkylation sites (N-methyl/N-ethyl adjacent to an activating group) is 1. The summed E-state index contributed by atoms with van der Waals surface area (Å²) < 4.78 is 22.0. The number of carbonyl (C=O) groups excluding carboxylic acids is 3. The summed E-state index contributed by atoms with van der Waals surface area (Å²) in [7, 11) is 1.74. The van der Waals surface area contributed by atoms with Crippen LogP contribution in [0.15, 0.2) is 29.6 Å². The van der Waals surface area contributed by atoms with Crippen molar-refractivity contribution in [2.75, 3.05) is 66.4 Å². The summed E-state index contributed by atoms with van der Waals surface area (Å²) in [6.45, 7) is 6.05. The Bertz CT molecular complexity index is 1270. The van der Waals surface area contributed by atoms with Crippen molar-refractivity contribution in [1.29, 1.82) is 0 Å². The number of nitrogens with one attached hydrogen (secondary N) is 2. The summed E-state index contributed by atoms with van der Waals surface area (Å²) in [5.41, 5.74) is 6.19. The number of nitrogens with two attached hydrogens (primary N) is 1. The van der Waals surface area contributed by atoms with E-state index in [2.05, 4.69) is 10.6 Å². The predicted octanol–water partition coefficient (Wildman–Crippen LogP) is 3.10. The zero-order valence-corrected chi connectivity index (χ0v) is 28.6. The number of likely N-dealkylation sites (tertiary alicyclic amines) is 1. The SMILES string of the molecule is CN[C@@H](C)C(=O)N[C@H](C(=O)N1CCC[C@H]1c1nc(C(=O)c2cccc(OCCOCCOCCOCCN)c2)cs1)C1CCCCC1. The molecular weight excluding hydrogens is 622 g/mol. The number of hydrogen-bond donors (Lipinski definition) is 3. The molecule has 4 rings (SSSR count). The van der Waals surface area contributed by atoms with E-state index in [0.29, 0.717) is 76.3 Å². The molecular formula is C34H51N5O7S. The van der Waals surface area contributed by atoms with Crippen molar-refractivity contribution < 1.29 is 33.3 Å². The van der Waals surface area contributed by atoms with Crippen LogP contribution >= 0.6 is 11.3 Å². The van der Waals surface area contributed by atoms with E-state index in [0.717, 1.165) is 50.0 Å². The smallest absolute Gasteiger partial charge is 0.246 e. The van der Waals surface area contributed by atoms with E-state index >= 15 is 0 Å². The van der Waals surface area contributed by atoms with Gasteiger partial charge in [0.2, 0.25) is 17.6 Å². The monoisotopic (exact) mass is 673 g/mol. The van der Waals surface area contributed by atoms with Gasteiger partial charge >= 0.3 is 0 Å². The Morgan fingerprint density at radius 2 is 1.68 bits per heavy atom. The number of amides is 2. The number of thiazole rings is 1. The molecule has 0 spiro atoms. The maximum absolute atomic E-state index is 14.1. The number of ether oxygens (including phenoxy) is 4. The number of rotatable bonds is 20. The average Bonchev–Trinajstić information content (AvgIpc) is 3.80. The molecule has 1 aromatic heterocycles. The van der Waals surface area contributed by atoms with Gasteiger partial charge in [0, 0.05) is 24.0 Å². The van der Waals surface area contributed by atoms with Gasteiger partial charge in [0.05, 0.1) is 51.7 Å². The van der Waals surface area contributed by atoms with Crippen LogP contribution in [0.4, 0.5) is 0 Å². The molecule has 2 aromatic rings. The van der Waals surface area contributed by atoms with Gasteiger partial charge in [-0.1, -0.05) is 31.4 Å². The van der Waals surface area contributed by atoms with Crippen LogP contribution in [0, 0.1) is 5.92 Å². The van der Waals surface area contributed by atoms with Crippen LogP contribution < -0.4 is 21.1 Å². The number of aromatic nitrogens is 1. The fraction of sp³-hybridized carbons (Fsp3) is 0.647. The lowest BCUT2D eigenvalue weighted by atomic mass is 9.83. The molecule has 12 nitrogen and oxygen atoms in total. The Balaban J connectivity index is 1.31. The number of nitrogens with zero attached hydrogens (tertiary/aromatic N) is 2. The Labute approximate surface area is 282 Å². The molecule has 1 saturated carbocycles. The van der Waals surface area contributed by atoms with E-state index in [9.17, 15) is 14.4 Å². The number of carbonyl (C=O) groups is 3. The van der Waals surface area contributed by atoms with E-state index in [-0.39, 0.29) is 29.6 Å². The van der Waals surface area contributed by atoms with E-state index in [1.54, 1.807) is 43.6 Å². The number of benzene rings is 1. The van der Waals surface area contributed by atoms with Crippen molar-refractivity contribution in [3.05, 3.63) is 45.9 Å². The van der Waals surface area contributed by atoms with Gasteiger partial charge in [-0.15, -0.1) is 11.3 Å². The van der Waals surface area contributed by atoms with E-state index in [1.165, 1.54) is 11.3 Å². The summed E-state index contributed by atoms with van der Waals surface area (Å²) in [6.07, 6.45) is 6.76. The van der Waals surface area contributed by atoms with Gasteiger partial charge in [-0.3, -0.25) is 14.4 Å². The second kappa shape index (κ2) is 19.8. The van der Waals surface area contributed by atoms with Crippen LogP contribution in [0.1, 0.15) is 79.0 Å². The van der Waals surface area contributed by atoms with Crippen LogP contribution in [0.25, 0.3) is 0 Å². The van der Waals surface area contributed by atoms with Gasteiger partial charge in [0.1, 0.15) is 29.1 Å². The highest BCUT2D eigenvalue weighted by atomic mass is 32.1. The fourth-order valence-electron chi connectivity index (χ4n) is 5.99. The van der Waals surface area contributed by atoms with E-state index in [1.807, 2.05) is 4.90 Å². The molecule has 2 heterocycles. The summed E-state index contributed by atoms with van der Waals surface area (Å²) in [4.78, 5) is 47.0. The molecule has 2 amide bonds. The lowest BCUT2D eigenvalue weighted by Crippen LogP contribution is -2.55. The zero-order chi connectivity index (χ0) is 33.4. The molecule has 1 aromatic carbocycles. The van der Waals surface area contributed by atoms with Crippen molar-refractivity contribution in [3.8, 4) is 5.75 Å². The highest BCUT2D eigenvalue weighted by Crippen LogP contribution is 2.36. The summed E-state index contributed by atoms with van der Waals surface area (Å²) in [5, 5.41) is 8.56. The average molecular weight is 674 g/mol. The third-order valence-electron chi connectivity index (χ3n) is 8.69. The summed E-state index contributed by atoms with van der Waals surface area (Å²) in [5.74, 6) is 0.267. The maximum Gasteiger partial charge on any atom is 0.246 e. The molecule has 47 heavy (non-hydrogen) atoms. The fourth-order valence-corrected chi connectivity index (χ4v) is 6.93. The highest BCUT2D eigenvalue weighted by Gasteiger charge is 2.40. The van der Waals surface area contributed by atoms with Crippen LogP contribution in [-0.4, -0.2) is 106 Å². The lowest BCUT2D eigenvalue weighted by molar-refractivity contribution is -0.139. The van der Waals surface area contributed by atoms with Crippen molar-refractivity contribution in [1.82, 2.24) is 20.5 Å².